The molecule has 2 rings (SSSR count). The molecule has 24 heavy (non-hydrogen) atoms. The molecule has 0 amide bonds. The Balaban J connectivity index is 2.19. The fourth-order valence-electron chi connectivity index (χ4n) is 2.20. The van der Waals surface area contributed by atoms with Crippen LogP contribution in [0.1, 0.15) is 18.1 Å². The van der Waals surface area contributed by atoms with Crippen molar-refractivity contribution in [3.05, 3.63) is 58.1 Å². The maximum Gasteiger partial charge on any atom is 0.241 e. The summed E-state index contributed by atoms with van der Waals surface area (Å²) in [5.41, 5.74) is 1.41. The number of rotatable bonds is 6. The Morgan fingerprint density at radius 2 is 1.62 bits per heavy atom. The summed E-state index contributed by atoms with van der Waals surface area (Å²) in [5.74, 6) is 0. The van der Waals surface area contributed by atoms with Crippen molar-refractivity contribution >= 4 is 35.8 Å². The lowest BCUT2D eigenvalue weighted by molar-refractivity contribution is 0.580. The van der Waals surface area contributed by atoms with Crippen molar-refractivity contribution in [2.45, 2.75) is 29.7 Å². The molecule has 2 aromatic carbocycles. The molecule has 0 unspecified atom stereocenters. The SMILES string of the molecule is CCc1cc(Br)ccc1S(=O)(=O)NCc1ccc(S(C)(=O)=O)cc1. The Morgan fingerprint density at radius 3 is 2.17 bits per heavy atom. The number of hydrogen-bond acceptors (Lipinski definition) is 4. The summed E-state index contributed by atoms with van der Waals surface area (Å²) in [7, 11) is -6.91. The Hall–Kier alpha value is -1.22. The number of aryl methyl sites for hydroxylation is 1. The minimum atomic E-state index is -3.65. The van der Waals surface area contributed by atoms with Gasteiger partial charge in [-0.2, -0.15) is 0 Å². The molecule has 0 bridgehead atoms. The molecule has 0 atom stereocenters. The molecule has 0 radical (unpaired) electrons. The van der Waals surface area contributed by atoms with E-state index in [1.54, 1.807) is 30.3 Å². The Morgan fingerprint density at radius 1 is 1.00 bits per heavy atom. The lowest BCUT2D eigenvalue weighted by Gasteiger charge is -2.11. The van der Waals surface area contributed by atoms with Gasteiger partial charge < -0.3 is 0 Å². The van der Waals surface area contributed by atoms with Crippen molar-refractivity contribution in [3.63, 3.8) is 0 Å². The standard InChI is InChI=1S/C16H18BrNO4S2/c1-3-13-10-14(17)6-9-16(13)24(21,22)18-11-12-4-7-15(8-5-12)23(2,19)20/h4-10,18H,3,11H2,1-2H3. The lowest BCUT2D eigenvalue weighted by Crippen LogP contribution is -2.24. The molecular formula is C16H18BrNO4S2. The first-order chi connectivity index (χ1) is 11.1. The van der Waals surface area contributed by atoms with Crippen LogP contribution < -0.4 is 4.72 Å². The number of hydrogen-bond donors (Lipinski definition) is 1. The normalized spacial score (nSPS) is 12.3. The van der Waals surface area contributed by atoms with Crippen LogP contribution in [0.5, 0.6) is 0 Å². The summed E-state index contributed by atoms with van der Waals surface area (Å²) in [6.07, 6.45) is 1.73. The first kappa shape index (κ1) is 19.1. The van der Waals surface area contributed by atoms with Crippen molar-refractivity contribution in [2.24, 2.45) is 0 Å². The molecule has 0 aliphatic carbocycles. The molecule has 130 valence electrons. The van der Waals surface area contributed by atoms with Crippen LogP contribution in [-0.4, -0.2) is 23.1 Å². The van der Waals surface area contributed by atoms with Crippen molar-refractivity contribution in [1.82, 2.24) is 4.72 Å². The summed E-state index contributed by atoms with van der Waals surface area (Å²) >= 11 is 3.34. The van der Waals surface area contributed by atoms with E-state index in [1.807, 2.05) is 6.92 Å². The summed E-state index contributed by atoms with van der Waals surface area (Å²) in [6.45, 7) is 1.98. The van der Waals surface area contributed by atoms with Gasteiger partial charge in [-0.1, -0.05) is 35.0 Å². The zero-order valence-corrected chi connectivity index (χ0v) is 16.5. The molecule has 0 spiro atoms. The number of nitrogens with one attached hydrogen (secondary N) is 1. The predicted octanol–water partition coefficient (Wildman–Crippen LogP) is 2.89. The smallest absolute Gasteiger partial charge is 0.224 e. The maximum absolute atomic E-state index is 12.5. The van der Waals surface area contributed by atoms with Gasteiger partial charge in [0.05, 0.1) is 9.79 Å². The molecule has 0 aliphatic rings. The fraction of sp³-hybridized carbons (Fsp3) is 0.250. The summed E-state index contributed by atoms with van der Waals surface area (Å²) < 4.78 is 51.2. The van der Waals surface area contributed by atoms with E-state index in [9.17, 15) is 16.8 Å². The van der Waals surface area contributed by atoms with Crippen LogP contribution in [0.25, 0.3) is 0 Å². The van der Waals surface area contributed by atoms with Crippen LogP contribution in [0, 0.1) is 0 Å². The van der Waals surface area contributed by atoms with Crippen LogP contribution in [-0.2, 0) is 32.8 Å². The highest BCUT2D eigenvalue weighted by atomic mass is 79.9. The first-order valence-corrected chi connectivity index (χ1v) is 11.4. The molecular weight excluding hydrogens is 414 g/mol. The molecule has 2 aromatic rings. The van der Waals surface area contributed by atoms with Crippen molar-refractivity contribution < 1.29 is 16.8 Å². The fourth-order valence-corrected chi connectivity index (χ4v) is 4.54. The van der Waals surface area contributed by atoms with Gasteiger partial charge >= 0.3 is 0 Å². The number of sulfonamides is 1. The minimum absolute atomic E-state index is 0.0889. The van der Waals surface area contributed by atoms with Gasteiger partial charge in [0.15, 0.2) is 9.84 Å². The lowest BCUT2D eigenvalue weighted by atomic mass is 10.2. The van der Waals surface area contributed by atoms with Crippen LogP contribution in [0.15, 0.2) is 56.7 Å². The van der Waals surface area contributed by atoms with Gasteiger partial charge in [0, 0.05) is 17.3 Å². The van der Waals surface area contributed by atoms with Crippen molar-refractivity contribution in [3.8, 4) is 0 Å². The number of benzene rings is 2. The second-order valence-corrected chi connectivity index (χ2v) is 10.0. The zero-order chi connectivity index (χ0) is 18.0. The molecule has 5 nitrogen and oxygen atoms in total. The molecule has 0 aromatic heterocycles. The van der Waals surface area contributed by atoms with E-state index in [4.69, 9.17) is 0 Å². The summed E-state index contributed by atoms with van der Waals surface area (Å²) in [4.78, 5) is 0.455. The van der Waals surface area contributed by atoms with E-state index in [1.165, 1.54) is 12.1 Å². The van der Waals surface area contributed by atoms with E-state index >= 15 is 0 Å². The summed E-state index contributed by atoms with van der Waals surface area (Å²) in [6, 6.07) is 11.2. The largest absolute Gasteiger partial charge is 0.241 e. The Labute approximate surface area is 151 Å². The molecule has 0 heterocycles. The van der Waals surface area contributed by atoms with E-state index in [0.29, 0.717) is 12.0 Å². The van der Waals surface area contributed by atoms with Gasteiger partial charge in [0.25, 0.3) is 0 Å². The maximum atomic E-state index is 12.5. The van der Waals surface area contributed by atoms with Crippen LogP contribution in [0.3, 0.4) is 0 Å². The van der Waals surface area contributed by atoms with Gasteiger partial charge in [0.2, 0.25) is 10.0 Å². The average molecular weight is 432 g/mol. The summed E-state index contributed by atoms with van der Waals surface area (Å²) in [5, 5.41) is 0. The second-order valence-electron chi connectivity index (χ2n) is 5.35. The van der Waals surface area contributed by atoms with Gasteiger partial charge in [-0.3, -0.25) is 0 Å². The quantitative estimate of drug-likeness (QED) is 0.761. The average Bonchev–Trinajstić information content (AvgIpc) is 2.52. The number of sulfone groups is 1. The van der Waals surface area contributed by atoms with Gasteiger partial charge in [-0.15, -0.1) is 0 Å². The van der Waals surface area contributed by atoms with E-state index in [-0.39, 0.29) is 16.3 Å². The van der Waals surface area contributed by atoms with Crippen LogP contribution >= 0.6 is 15.9 Å². The molecule has 0 saturated heterocycles. The van der Waals surface area contributed by atoms with Gasteiger partial charge in [-0.25, -0.2) is 21.6 Å². The highest BCUT2D eigenvalue weighted by molar-refractivity contribution is 9.10. The van der Waals surface area contributed by atoms with Crippen molar-refractivity contribution in [2.75, 3.05) is 6.26 Å². The third kappa shape index (κ3) is 4.66. The third-order valence-corrected chi connectivity index (χ3v) is 6.63. The highest BCUT2D eigenvalue weighted by Gasteiger charge is 2.18. The Kier molecular flexibility index (Phi) is 5.85. The minimum Gasteiger partial charge on any atom is -0.224 e. The Bertz CT molecular complexity index is 937. The molecule has 0 aliphatic heterocycles. The van der Waals surface area contributed by atoms with Gasteiger partial charge in [0.1, 0.15) is 0 Å². The van der Waals surface area contributed by atoms with E-state index < -0.39 is 19.9 Å². The van der Waals surface area contributed by atoms with Gasteiger partial charge in [-0.05, 0) is 47.9 Å². The number of halogens is 1. The monoisotopic (exact) mass is 431 g/mol. The highest BCUT2D eigenvalue weighted by Crippen LogP contribution is 2.21. The van der Waals surface area contributed by atoms with Crippen molar-refractivity contribution in [1.29, 1.82) is 0 Å². The van der Waals surface area contributed by atoms with Crippen LogP contribution in [0.2, 0.25) is 0 Å². The molecule has 0 fully saturated rings. The van der Waals surface area contributed by atoms with E-state index in [2.05, 4.69) is 20.7 Å². The molecule has 0 saturated carbocycles. The van der Waals surface area contributed by atoms with E-state index in [0.717, 1.165) is 16.3 Å². The molecule has 1 N–H and O–H groups in total. The zero-order valence-electron chi connectivity index (χ0n) is 13.3. The molecule has 8 heteroatoms. The third-order valence-electron chi connectivity index (χ3n) is 3.51. The predicted molar refractivity (Wildman–Crippen MR) is 97.1 cm³/mol. The first-order valence-electron chi connectivity index (χ1n) is 7.20. The topological polar surface area (TPSA) is 80.3 Å². The van der Waals surface area contributed by atoms with Crippen LogP contribution in [0.4, 0.5) is 0 Å². The second kappa shape index (κ2) is 7.35.